The number of nitrogens with zero attached hydrogens (tertiary/aromatic N) is 1. The minimum atomic E-state index is 0.155. The van der Waals surface area contributed by atoms with Crippen molar-refractivity contribution in [3.63, 3.8) is 0 Å². The van der Waals surface area contributed by atoms with E-state index in [1.54, 1.807) is 0 Å². The van der Waals surface area contributed by atoms with Crippen LogP contribution < -0.4 is 5.32 Å². The molecule has 0 atom stereocenters. The summed E-state index contributed by atoms with van der Waals surface area (Å²) in [6.45, 7) is 11.0. The second kappa shape index (κ2) is 6.45. The molecule has 0 unspecified atom stereocenters. The van der Waals surface area contributed by atoms with E-state index in [1.807, 2.05) is 0 Å². The zero-order valence-electron chi connectivity index (χ0n) is 13.4. The Balaban J connectivity index is 2.22. The standard InChI is InChI=1S/C18H28N2/c1-5-6-7-12-20-13-11-15-9-8-10-16(17(15)20)14-19-18(2,3)4/h8-11,13,19H,5-7,12,14H2,1-4H3. The Morgan fingerprint density at radius 2 is 1.90 bits per heavy atom. The molecule has 0 radical (unpaired) electrons. The van der Waals surface area contributed by atoms with Crippen LogP contribution in [0.1, 0.15) is 52.5 Å². The highest BCUT2D eigenvalue weighted by atomic mass is 15.0. The van der Waals surface area contributed by atoms with Gasteiger partial charge in [-0.15, -0.1) is 0 Å². The summed E-state index contributed by atoms with van der Waals surface area (Å²) in [6.07, 6.45) is 6.09. The summed E-state index contributed by atoms with van der Waals surface area (Å²) in [5.41, 5.74) is 2.96. The first kappa shape index (κ1) is 15.1. The van der Waals surface area contributed by atoms with Gasteiger partial charge in [0, 0.05) is 24.8 Å². The average Bonchev–Trinajstić information content (AvgIpc) is 2.80. The van der Waals surface area contributed by atoms with Gasteiger partial charge in [0.2, 0.25) is 0 Å². The number of hydrogen-bond donors (Lipinski definition) is 1. The van der Waals surface area contributed by atoms with Crippen LogP contribution in [0.2, 0.25) is 0 Å². The maximum atomic E-state index is 3.60. The number of para-hydroxylation sites is 1. The number of unbranched alkanes of at least 4 members (excludes halogenated alkanes) is 2. The van der Waals surface area contributed by atoms with E-state index >= 15 is 0 Å². The number of fused-ring (bicyclic) bond motifs is 1. The molecular formula is C18H28N2. The minimum Gasteiger partial charge on any atom is -0.347 e. The highest BCUT2D eigenvalue weighted by molar-refractivity contribution is 5.83. The molecule has 0 aliphatic heterocycles. The van der Waals surface area contributed by atoms with Gasteiger partial charge in [-0.05, 0) is 44.2 Å². The van der Waals surface area contributed by atoms with Crippen LogP contribution >= 0.6 is 0 Å². The molecule has 0 aliphatic carbocycles. The molecule has 0 aliphatic rings. The number of hydrogen-bond acceptors (Lipinski definition) is 1. The molecule has 0 spiro atoms. The predicted molar refractivity (Wildman–Crippen MR) is 88.1 cm³/mol. The molecule has 0 fully saturated rings. The maximum Gasteiger partial charge on any atom is 0.0525 e. The van der Waals surface area contributed by atoms with Crippen LogP contribution in [0.15, 0.2) is 30.5 Å². The van der Waals surface area contributed by atoms with Crippen molar-refractivity contribution < 1.29 is 0 Å². The number of rotatable bonds is 6. The maximum absolute atomic E-state index is 3.60. The second-order valence-corrected chi connectivity index (χ2v) is 6.67. The summed E-state index contributed by atoms with van der Waals surface area (Å²) in [6, 6.07) is 8.86. The minimum absolute atomic E-state index is 0.155. The first-order valence-corrected chi connectivity index (χ1v) is 7.83. The smallest absolute Gasteiger partial charge is 0.0525 e. The molecule has 2 nitrogen and oxygen atoms in total. The van der Waals surface area contributed by atoms with E-state index < -0.39 is 0 Å². The van der Waals surface area contributed by atoms with Crippen LogP contribution in [0.4, 0.5) is 0 Å². The molecular weight excluding hydrogens is 244 g/mol. The van der Waals surface area contributed by atoms with Crippen LogP contribution in [0.25, 0.3) is 10.9 Å². The average molecular weight is 272 g/mol. The van der Waals surface area contributed by atoms with Gasteiger partial charge in [0.25, 0.3) is 0 Å². The topological polar surface area (TPSA) is 17.0 Å². The Morgan fingerprint density at radius 1 is 1.10 bits per heavy atom. The molecule has 0 saturated heterocycles. The van der Waals surface area contributed by atoms with Gasteiger partial charge < -0.3 is 9.88 Å². The van der Waals surface area contributed by atoms with Gasteiger partial charge in [-0.3, -0.25) is 0 Å². The Hall–Kier alpha value is -1.28. The number of aromatic nitrogens is 1. The summed E-state index contributed by atoms with van der Waals surface area (Å²) in [7, 11) is 0. The van der Waals surface area contributed by atoms with Gasteiger partial charge in [-0.1, -0.05) is 38.0 Å². The van der Waals surface area contributed by atoms with E-state index in [-0.39, 0.29) is 5.54 Å². The van der Waals surface area contributed by atoms with E-state index in [0.29, 0.717) is 0 Å². The van der Waals surface area contributed by atoms with Crippen molar-refractivity contribution in [2.75, 3.05) is 0 Å². The van der Waals surface area contributed by atoms with Crippen molar-refractivity contribution in [2.45, 2.75) is 65.6 Å². The van der Waals surface area contributed by atoms with Crippen LogP contribution in [0, 0.1) is 0 Å². The predicted octanol–water partition coefficient (Wildman–Crippen LogP) is 4.72. The Kier molecular flexibility index (Phi) is 4.87. The van der Waals surface area contributed by atoms with E-state index in [2.05, 4.69) is 68.0 Å². The lowest BCUT2D eigenvalue weighted by Gasteiger charge is -2.21. The number of nitrogens with one attached hydrogen (secondary N) is 1. The molecule has 2 aromatic rings. The van der Waals surface area contributed by atoms with E-state index in [9.17, 15) is 0 Å². The zero-order valence-corrected chi connectivity index (χ0v) is 13.4. The van der Waals surface area contributed by atoms with E-state index in [4.69, 9.17) is 0 Å². The van der Waals surface area contributed by atoms with Crippen LogP contribution in [0.3, 0.4) is 0 Å². The highest BCUT2D eigenvalue weighted by Crippen LogP contribution is 2.21. The van der Waals surface area contributed by atoms with Crippen molar-refractivity contribution in [2.24, 2.45) is 0 Å². The largest absolute Gasteiger partial charge is 0.347 e. The lowest BCUT2D eigenvalue weighted by Crippen LogP contribution is -2.35. The summed E-state index contributed by atoms with van der Waals surface area (Å²) in [5, 5.41) is 4.96. The van der Waals surface area contributed by atoms with Gasteiger partial charge in [0.15, 0.2) is 0 Å². The molecule has 2 heteroatoms. The molecule has 1 aromatic carbocycles. The van der Waals surface area contributed by atoms with Crippen molar-refractivity contribution in [1.29, 1.82) is 0 Å². The highest BCUT2D eigenvalue weighted by Gasteiger charge is 2.11. The fraction of sp³-hybridized carbons (Fsp3) is 0.556. The molecule has 1 aromatic heterocycles. The van der Waals surface area contributed by atoms with Crippen LogP contribution in [-0.2, 0) is 13.1 Å². The molecule has 2 rings (SSSR count). The molecule has 1 heterocycles. The number of aryl methyl sites for hydroxylation is 1. The van der Waals surface area contributed by atoms with Gasteiger partial charge in [-0.2, -0.15) is 0 Å². The fourth-order valence-electron chi connectivity index (χ4n) is 2.56. The second-order valence-electron chi connectivity index (χ2n) is 6.67. The summed E-state index contributed by atoms with van der Waals surface area (Å²) in [4.78, 5) is 0. The number of benzene rings is 1. The summed E-state index contributed by atoms with van der Waals surface area (Å²) < 4.78 is 2.42. The third kappa shape index (κ3) is 3.86. The van der Waals surface area contributed by atoms with Crippen LogP contribution in [-0.4, -0.2) is 10.1 Å². The SMILES string of the molecule is CCCCCn1ccc2cccc(CNC(C)(C)C)c21. The first-order valence-electron chi connectivity index (χ1n) is 7.83. The third-order valence-electron chi connectivity index (χ3n) is 3.68. The van der Waals surface area contributed by atoms with Crippen molar-refractivity contribution >= 4 is 10.9 Å². The molecule has 0 amide bonds. The fourth-order valence-corrected chi connectivity index (χ4v) is 2.56. The quantitative estimate of drug-likeness (QED) is 0.753. The lowest BCUT2D eigenvalue weighted by atomic mass is 10.1. The molecule has 20 heavy (non-hydrogen) atoms. The normalized spacial score (nSPS) is 12.2. The first-order chi connectivity index (χ1) is 9.51. The Morgan fingerprint density at radius 3 is 2.60 bits per heavy atom. The summed E-state index contributed by atoms with van der Waals surface area (Å²) >= 11 is 0. The molecule has 110 valence electrons. The van der Waals surface area contributed by atoms with E-state index in [0.717, 1.165) is 13.1 Å². The van der Waals surface area contributed by atoms with Gasteiger partial charge in [-0.25, -0.2) is 0 Å². The Bertz CT molecular complexity index is 546. The monoisotopic (exact) mass is 272 g/mol. The van der Waals surface area contributed by atoms with Crippen LogP contribution in [0.5, 0.6) is 0 Å². The van der Waals surface area contributed by atoms with Gasteiger partial charge >= 0.3 is 0 Å². The summed E-state index contributed by atoms with van der Waals surface area (Å²) in [5.74, 6) is 0. The van der Waals surface area contributed by atoms with Gasteiger partial charge in [0.05, 0.1) is 5.52 Å². The molecule has 0 saturated carbocycles. The van der Waals surface area contributed by atoms with Crippen molar-refractivity contribution in [3.05, 3.63) is 36.0 Å². The third-order valence-corrected chi connectivity index (χ3v) is 3.68. The van der Waals surface area contributed by atoms with E-state index in [1.165, 1.54) is 35.7 Å². The molecule has 0 bridgehead atoms. The lowest BCUT2D eigenvalue weighted by molar-refractivity contribution is 0.424. The zero-order chi connectivity index (χ0) is 14.6. The van der Waals surface area contributed by atoms with Gasteiger partial charge in [0.1, 0.15) is 0 Å². The van der Waals surface area contributed by atoms with Crippen molar-refractivity contribution in [1.82, 2.24) is 9.88 Å². The molecule has 1 N–H and O–H groups in total. The Labute approximate surface area is 123 Å². The van der Waals surface area contributed by atoms with Crippen molar-refractivity contribution in [3.8, 4) is 0 Å².